The highest BCUT2D eigenvalue weighted by atomic mass is 16.6. The van der Waals surface area contributed by atoms with Crippen LogP contribution in [0.4, 0.5) is 4.79 Å². The van der Waals surface area contributed by atoms with E-state index in [0.717, 1.165) is 19.3 Å². The van der Waals surface area contributed by atoms with E-state index in [9.17, 15) is 9.59 Å². The van der Waals surface area contributed by atoms with E-state index >= 15 is 0 Å². The van der Waals surface area contributed by atoms with Crippen molar-refractivity contribution in [2.75, 3.05) is 27.4 Å². The summed E-state index contributed by atoms with van der Waals surface area (Å²) in [6, 6.07) is 1.78. The average molecular weight is 408 g/mol. The van der Waals surface area contributed by atoms with E-state index in [-0.39, 0.29) is 11.6 Å². The van der Waals surface area contributed by atoms with Gasteiger partial charge >= 0.3 is 6.09 Å². The molecule has 0 bridgehead atoms. The van der Waals surface area contributed by atoms with E-state index in [1.807, 2.05) is 20.8 Å². The van der Waals surface area contributed by atoms with Gasteiger partial charge in [0.25, 0.3) is 5.88 Å². The monoisotopic (exact) mass is 408 g/mol. The molecule has 0 spiro atoms. The molecule has 1 N–H and O–H groups in total. The maximum absolute atomic E-state index is 12.3. The summed E-state index contributed by atoms with van der Waals surface area (Å²) in [5.41, 5.74) is -0.0426. The SMILES string of the molecule is COCCCOc1cc(CC2(NC(=O)OC(C)(C)C)CCC2)c(C=O)nc1OC. The van der Waals surface area contributed by atoms with E-state index in [1.54, 1.807) is 13.2 Å². The Morgan fingerprint density at radius 3 is 2.52 bits per heavy atom. The van der Waals surface area contributed by atoms with Crippen LogP contribution in [0.5, 0.6) is 11.6 Å². The molecular formula is C21H32N2O6. The molecule has 1 aliphatic carbocycles. The number of amides is 1. The summed E-state index contributed by atoms with van der Waals surface area (Å²) in [5, 5.41) is 3.00. The third-order valence-electron chi connectivity index (χ3n) is 4.73. The van der Waals surface area contributed by atoms with Crippen LogP contribution in [0.15, 0.2) is 6.07 Å². The summed E-state index contributed by atoms with van der Waals surface area (Å²) >= 11 is 0. The van der Waals surface area contributed by atoms with E-state index in [0.29, 0.717) is 43.7 Å². The summed E-state index contributed by atoms with van der Waals surface area (Å²) in [6.07, 6.45) is 4.03. The highest BCUT2D eigenvalue weighted by molar-refractivity contribution is 5.76. The summed E-state index contributed by atoms with van der Waals surface area (Å²) in [6.45, 7) is 6.49. The van der Waals surface area contributed by atoms with Gasteiger partial charge in [-0.1, -0.05) is 0 Å². The molecule has 0 atom stereocenters. The highest BCUT2D eigenvalue weighted by Gasteiger charge is 2.40. The molecule has 1 saturated carbocycles. The van der Waals surface area contributed by atoms with Gasteiger partial charge in [0.1, 0.15) is 11.3 Å². The Morgan fingerprint density at radius 1 is 1.28 bits per heavy atom. The zero-order chi connectivity index (χ0) is 21.5. The summed E-state index contributed by atoms with van der Waals surface area (Å²) in [7, 11) is 3.12. The number of methoxy groups -OCH3 is 2. The smallest absolute Gasteiger partial charge is 0.408 e. The van der Waals surface area contributed by atoms with Crippen LogP contribution in [0.3, 0.4) is 0 Å². The minimum Gasteiger partial charge on any atom is -0.488 e. The molecule has 0 aromatic carbocycles. The Balaban J connectivity index is 2.20. The zero-order valence-corrected chi connectivity index (χ0v) is 18.0. The van der Waals surface area contributed by atoms with Crippen molar-refractivity contribution in [2.45, 2.75) is 64.0 Å². The van der Waals surface area contributed by atoms with Crippen LogP contribution < -0.4 is 14.8 Å². The van der Waals surface area contributed by atoms with Crippen LogP contribution in [-0.2, 0) is 15.9 Å². The summed E-state index contributed by atoms with van der Waals surface area (Å²) in [4.78, 5) is 28.2. The lowest BCUT2D eigenvalue weighted by molar-refractivity contribution is 0.0383. The summed E-state index contributed by atoms with van der Waals surface area (Å²) < 4.78 is 21.5. The van der Waals surface area contributed by atoms with Gasteiger partial charge in [-0.3, -0.25) is 4.79 Å². The van der Waals surface area contributed by atoms with Gasteiger partial charge in [0.15, 0.2) is 12.0 Å². The molecule has 0 unspecified atom stereocenters. The van der Waals surface area contributed by atoms with Crippen molar-refractivity contribution in [1.82, 2.24) is 10.3 Å². The van der Waals surface area contributed by atoms with Crippen molar-refractivity contribution in [2.24, 2.45) is 0 Å². The van der Waals surface area contributed by atoms with Crippen molar-refractivity contribution in [3.05, 3.63) is 17.3 Å². The molecule has 1 fully saturated rings. The summed E-state index contributed by atoms with van der Waals surface area (Å²) in [5.74, 6) is 0.729. The molecular weight excluding hydrogens is 376 g/mol. The number of nitrogens with zero attached hydrogens (tertiary/aromatic N) is 1. The van der Waals surface area contributed by atoms with Crippen molar-refractivity contribution in [3.63, 3.8) is 0 Å². The van der Waals surface area contributed by atoms with Crippen LogP contribution in [-0.4, -0.2) is 55.9 Å². The number of ether oxygens (including phenoxy) is 4. The molecule has 0 radical (unpaired) electrons. The molecule has 1 aliphatic rings. The van der Waals surface area contributed by atoms with Gasteiger partial charge in [-0.15, -0.1) is 0 Å². The van der Waals surface area contributed by atoms with Gasteiger partial charge in [0.2, 0.25) is 0 Å². The fourth-order valence-electron chi connectivity index (χ4n) is 3.24. The van der Waals surface area contributed by atoms with E-state index in [2.05, 4.69) is 10.3 Å². The molecule has 162 valence electrons. The number of hydrogen-bond donors (Lipinski definition) is 1. The number of alkyl carbamates (subject to hydrolysis) is 1. The molecule has 8 nitrogen and oxygen atoms in total. The Bertz CT molecular complexity index is 710. The van der Waals surface area contributed by atoms with Gasteiger partial charge in [-0.25, -0.2) is 9.78 Å². The largest absolute Gasteiger partial charge is 0.488 e. The normalized spacial score (nSPS) is 15.2. The Morgan fingerprint density at radius 2 is 2.00 bits per heavy atom. The number of pyridine rings is 1. The molecule has 1 heterocycles. The molecule has 1 amide bonds. The van der Waals surface area contributed by atoms with Gasteiger partial charge in [-0.2, -0.15) is 0 Å². The number of aromatic nitrogens is 1. The first-order valence-electron chi connectivity index (χ1n) is 9.88. The Hall–Kier alpha value is -2.35. The average Bonchev–Trinajstić information content (AvgIpc) is 2.61. The fourth-order valence-corrected chi connectivity index (χ4v) is 3.24. The lowest BCUT2D eigenvalue weighted by Gasteiger charge is -2.43. The number of nitrogens with one attached hydrogen (secondary N) is 1. The molecule has 1 aromatic heterocycles. The lowest BCUT2D eigenvalue weighted by Crippen LogP contribution is -2.56. The number of carbonyl (C=O) groups excluding carboxylic acids is 2. The maximum Gasteiger partial charge on any atom is 0.408 e. The fraction of sp³-hybridized carbons (Fsp3) is 0.667. The van der Waals surface area contributed by atoms with Crippen molar-refractivity contribution >= 4 is 12.4 Å². The minimum absolute atomic E-state index is 0.260. The zero-order valence-electron chi connectivity index (χ0n) is 18.0. The van der Waals surface area contributed by atoms with Crippen LogP contribution in [0.2, 0.25) is 0 Å². The first kappa shape index (κ1) is 22.9. The molecule has 1 aromatic rings. The minimum atomic E-state index is -0.576. The van der Waals surface area contributed by atoms with Crippen LogP contribution in [0.1, 0.15) is 62.5 Å². The van der Waals surface area contributed by atoms with Gasteiger partial charge in [0.05, 0.1) is 13.7 Å². The quantitative estimate of drug-likeness (QED) is 0.469. The van der Waals surface area contributed by atoms with Crippen molar-refractivity contribution in [3.8, 4) is 11.6 Å². The van der Waals surface area contributed by atoms with Gasteiger partial charge < -0.3 is 24.3 Å². The first-order valence-corrected chi connectivity index (χ1v) is 9.88. The second kappa shape index (κ2) is 9.91. The maximum atomic E-state index is 12.3. The molecule has 29 heavy (non-hydrogen) atoms. The third-order valence-corrected chi connectivity index (χ3v) is 4.73. The van der Waals surface area contributed by atoms with E-state index < -0.39 is 17.2 Å². The second-order valence-corrected chi connectivity index (χ2v) is 8.29. The third kappa shape index (κ3) is 6.59. The predicted octanol–water partition coefficient (Wildman–Crippen LogP) is 3.31. The van der Waals surface area contributed by atoms with Gasteiger partial charge in [-0.05, 0) is 58.1 Å². The van der Waals surface area contributed by atoms with E-state index in [4.69, 9.17) is 18.9 Å². The number of carbonyl (C=O) groups is 2. The van der Waals surface area contributed by atoms with Crippen LogP contribution in [0, 0.1) is 0 Å². The Kier molecular flexibility index (Phi) is 7.84. The number of aldehydes is 1. The highest BCUT2D eigenvalue weighted by Crippen LogP contribution is 2.37. The number of hydrogen-bond acceptors (Lipinski definition) is 7. The van der Waals surface area contributed by atoms with E-state index in [1.165, 1.54) is 7.11 Å². The molecule has 0 aliphatic heterocycles. The first-order chi connectivity index (χ1) is 13.7. The standard InChI is InChI=1S/C21H32N2O6/c1-20(2,3)29-19(25)23-21(8-6-9-21)13-15-12-17(28-11-7-10-26-4)18(27-5)22-16(15)14-24/h12,14H,6-11,13H2,1-5H3,(H,23,25). The molecule has 8 heteroatoms. The topological polar surface area (TPSA) is 96.0 Å². The van der Waals surface area contributed by atoms with Gasteiger partial charge in [0, 0.05) is 25.7 Å². The lowest BCUT2D eigenvalue weighted by atomic mass is 9.72. The second-order valence-electron chi connectivity index (χ2n) is 8.29. The van der Waals surface area contributed by atoms with Crippen LogP contribution in [0.25, 0.3) is 0 Å². The number of rotatable bonds is 10. The van der Waals surface area contributed by atoms with Crippen molar-refractivity contribution < 1.29 is 28.5 Å². The molecule has 0 saturated heterocycles. The van der Waals surface area contributed by atoms with Crippen molar-refractivity contribution in [1.29, 1.82) is 0 Å². The van der Waals surface area contributed by atoms with Crippen LogP contribution >= 0.6 is 0 Å². The predicted molar refractivity (Wildman–Crippen MR) is 108 cm³/mol. The Labute approximate surface area is 172 Å². The molecule has 2 rings (SSSR count).